The maximum Gasteiger partial charge on any atom is 0.0303 e. The van der Waals surface area contributed by atoms with Crippen molar-refractivity contribution in [1.29, 1.82) is 0 Å². The second-order valence-corrected chi connectivity index (χ2v) is 4.14. The Hall–Kier alpha value is -0.720. The first-order chi connectivity index (χ1) is 6.47. The molecule has 1 nitrogen and oxygen atoms in total. The minimum absolute atomic E-state index is 0.808. The molecule has 1 radical (unpaired) electrons. The van der Waals surface area contributed by atoms with Gasteiger partial charge in [-0.15, -0.1) is 0 Å². The van der Waals surface area contributed by atoms with Crippen LogP contribution in [-0.4, -0.2) is 0 Å². The first kappa shape index (κ1) is 8.86. The standard InChI is InChI=1S/C12H18N/c1-2-4-6-11(7-5-3-1)12-8-9-13-10-12/h8-11H,1-7H2. The van der Waals surface area contributed by atoms with Crippen LogP contribution >= 0.6 is 0 Å². The smallest absolute Gasteiger partial charge is 0.0303 e. The van der Waals surface area contributed by atoms with Crippen molar-refractivity contribution < 1.29 is 0 Å². The van der Waals surface area contributed by atoms with E-state index < -0.39 is 0 Å². The van der Waals surface area contributed by atoms with Gasteiger partial charge in [-0.25, -0.2) is 0 Å². The molecule has 0 bridgehead atoms. The van der Waals surface area contributed by atoms with Crippen LogP contribution in [0, 0.1) is 5.92 Å². The fourth-order valence-corrected chi connectivity index (χ4v) is 2.33. The lowest BCUT2D eigenvalue weighted by molar-refractivity contribution is 0.425. The van der Waals surface area contributed by atoms with E-state index in [0.717, 1.165) is 5.92 Å². The van der Waals surface area contributed by atoms with Crippen molar-refractivity contribution in [3.63, 3.8) is 0 Å². The second kappa shape index (κ2) is 4.50. The zero-order chi connectivity index (χ0) is 8.93. The van der Waals surface area contributed by atoms with Crippen LogP contribution in [0.4, 0.5) is 0 Å². The normalized spacial score (nSPS) is 24.8. The van der Waals surface area contributed by atoms with Crippen LogP contribution < -0.4 is 5.32 Å². The van der Waals surface area contributed by atoms with Gasteiger partial charge in [0, 0.05) is 12.4 Å². The fourth-order valence-electron chi connectivity index (χ4n) is 2.33. The summed E-state index contributed by atoms with van der Waals surface area (Å²) in [6, 6.07) is 0. The number of rotatable bonds is 1. The first-order valence-electron chi connectivity index (χ1n) is 5.53. The number of hydrogen-bond donors (Lipinski definition) is 0. The predicted octanol–water partition coefficient (Wildman–Crippen LogP) is 3.36. The number of hydrogen-bond acceptors (Lipinski definition) is 0. The van der Waals surface area contributed by atoms with Crippen molar-refractivity contribution in [2.45, 2.75) is 44.9 Å². The molecule has 0 spiro atoms. The van der Waals surface area contributed by atoms with Gasteiger partial charge >= 0.3 is 0 Å². The third-order valence-electron chi connectivity index (χ3n) is 3.15. The Morgan fingerprint density at radius 2 is 1.69 bits per heavy atom. The average molecular weight is 176 g/mol. The van der Waals surface area contributed by atoms with Gasteiger partial charge < -0.3 is 0 Å². The summed E-state index contributed by atoms with van der Waals surface area (Å²) < 4.78 is 0. The van der Waals surface area contributed by atoms with Crippen LogP contribution in [0.1, 0.15) is 44.9 Å². The van der Waals surface area contributed by atoms with Crippen LogP contribution in [0.5, 0.6) is 0 Å². The fraction of sp³-hybridized carbons (Fsp3) is 0.667. The summed E-state index contributed by atoms with van der Waals surface area (Å²) >= 11 is 0. The minimum Gasteiger partial charge on any atom is -0.264 e. The lowest BCUT2D eigenvalue weighted by Crippen LogP contribution is -2.05. The molecule has 0 aromatic carbocycles. The van der Waals surface area contributed by atoms with Gasteiger partial charge in [0.2, 0.25) is 0 Å². The van der Waals surface area contributed by atoms with Gasteiger partial charge in [0.05, 0.1) is 0 Å². The Labute approximate surface area is 80.9 Å². The molecule has 0 aromatic rings. The van der Waals surface area contributed by atoms with Crippen molar-refractivity contribution >= 4 is 0 Å². The van der Waals surface area contributed by atoms with E-state index in [4.69, 9.17) is 0 Å². The lowest BCUT2D eigenvalue weighted by Gasteiger charge is -2.19. The van der Waals surface area contributed by atoms with Gasteiger partial charge in [0.1, 0.15) is 0 Å². The third kappa shape index (κ3) is 2.36. The maximum atomic E-state index is 4.15. The monoisotopic (exact) mass is 176 g/mol. The van der Waals surface area contributed by atoms with E-state index in [2.05, 4.69) is 11.4 Å². The Balaban J connectivity index is 1.91. The highest BCUT2D eigenvalue weighted by Crippen LogP contribution is 2.29. The molecule has 1 saturated carbocycles. The SMILES string of the molecule is C1=CC(C2CCCCCCC2)=C[N]1. The Morgan fingerprint density at radius 3 is 2.31 bits per heavy atom. The molecule has 0 atom stereocenters. The van der Waals surface area contributed by atoms with Gasteiger partial charge in [-0.1, -0.05) is 32.1 Å². The van der Waals surface area contributed by atoms with Gasteiger partial charge in [0.15, 0.2) is 0 Å². The summed E-state index contributed by atoms with van der Waals surface area (Å²) in [6.07, 6.45) is 16.1. The molecule has 0 unspecified atom stereocenters. The summed E-state index contributed by atoms with van der Waals surface area (Å²) in [6.45, 7) is 0. The molecule has 2 rings (SSSR count). The average Bonchev–Trinajstić information content (AvgIpc) is 2.55. The molecule has 0 aromatic heterocycles. The summed E-state index contributed by atoms with van der Waals surface area (Å²) in [5.41, 5.74) is 1.47. The molecule has 1 aliphatic carbocycles. The number of allylic oxidation sites excluding steroid dienone is 2. The highest BCUT2D eigenvalue weighted by atomic mass is 14.8. The van der Waals surface area contributed by atoms with Crippen LogP contribution in [0.2, 0.25) is 0 Å². The number of nitrogens with zero attached hydrogens (tertiary/aromatic N) is 1. The summed E-state index contributed by atoms with van der Waals surface area (Å²) in [4.78, 5) is 0. The molecule has 13 heavy (non-hydrogen) atoms. The Bertz CT molecular complexity index is 207. The van der Waals surface area contributed by atoms with Crippen molar-refractivity contribution in [2.24, 2.45) is 5.92 Å². The highest BCUT2D eigenvalue weighted by molar-refractivity contribution is 5.26. The van der Waals surface area contributed by atoms with E-state index >= 15 is 0 Å². The third-order valence-corrected chi connectivity index (χ3v) is 3.15. The van der Waals surface area contributed by atoms with Gasteiger partial charge in [0.25, 0.3) is 0 Å². The summed E-state index contributed by atoms with van der Waals surface area (Å²) in [7, 11) is 0. The molecule has 71 valence electrons. The topological polar surface area (TPSA) is 14.1 Å². The molecule has 0 N–H and O–H groups in total. The highest BCUT2D eigenvalue weighted by Gasteiger charge is 2.15. The Morgan fingerprint density at radius 1 is 1.00 bits per heavy atom. The van der Waals surface area contributed by atoms with Gasteiger partial charge in [-0.2, -0.15) is 0 Å². The van der Waals surface area contributed by atoms with Crippen LogP contribution in [0.15, 0.2) is 24.0 Å². The molecule has 1 heterocycles. The van der Waals surface area contributed by atoms with E-state index in [1.165, 1.54) is 50.5 Å². The molecule has 1 aliphatic heterocycles. The zero-order valence-electron chi connectivity index (χ0n) is 8.21. The van der Waals surface area contributed by atoms with E-state index in [1.807, 2.05) is 12.4 Å². The van der Waals surface area contributed by atoms with Crippen LogP contribution in [-0.2, 0) is 0 Å². The molecule has 1 fully saturated rings. The largest absolute Gasteiger partial charge is 0.264 e. The zero-order valence-corrected chi connectivity index (χ0v) is 8.21. The predicted molar refractivity (Wildman–Crippen MR) is 55.2 cm³/mol. The summed E-state index contributed by atoms with van der Waals surface area (Å²) in [5.74, 6) is 0.808. The van der Waals surface area contributed by atoms with E-state index in [-0.39, 0.29) is 0 Å². The van der Waals surface area contributed by atoms with Crippen LogP contribution in [0.25, 0.3) is 0 Å². The van der Waals surface area contributed by atoms with E-state index in [9.17, 15) is 0 Å². The molecular weight excluding hydrogens is 158 g/mol. The van der Waals surface area contributed by atoms with Crippen LogP contribution in [0.3, 0.4) is 0 Å². The quantitative estimate of drug-likeness (QED) is 0.581. The van der Waals surface area contributed by atoms with E-state index in [0.29, 0.717) is 0 Å². The molecular formula is C12H18N. The summed E-state index contributed by atoms with van der Waals surface area (Å²) in [5, 5.41) is 4.15. The van der Waals surface area contributed by atoms with E-state index in [1.54, 1.807) is 0 Å². The molecule has 1 heteroatoms. The van der Waals surface area contributed by atoms with Gasteiger partial charge in [-0.05, 0) is 30.4 Å². The second-order valence-electron chi connectivity index (χ2n) is 4.14. The lowest BCUT2D eigenvalue weighted by atomic mass is 9.86. The molecule has 0 saturated heterocycles. The minimum atomic E-state index is 0.808. The van der Waals surface area contributed by atoms with Crippen molar-refractivity contribution in [1.82, 2.24) is 5.32 Å². The first-order valence-corrected chi connectivity index (χ1v) is 5.53. The molecule has 2 aliphatic rings. The van der Waals surface area contributed by atoms with Crippen molar-refractivity contribution in [2.75, 3.05) is 0 Å². The van der Waals surface area contributed by atoms with Gasteiger partial charge in [-0.3, -0.25) is 5.32 Å². The Kier molecular flexibility index (Phi) is 3.07. The molecule has 0 amide bonds. The van der Waals surface area contributed by atoms with Crippen molar-refractivity contribution in [3.8, 4) is 0 Å². The van der Waals surface area contributed by atoms with Crippen molar-refractivity contribution in [3.05, 3.63) is 24.0 Å². The maximum absolute atomic E-state index is 4.15.